The van der Waals surface area contributed by atoms with Crippen LogP contribution >= 0.6 is 11.8 Å². The molecule has 12 atom stereocenters. The Hall–Kier alpha value is -10.2. The summed E-state index contributed by atoms with van der Waals surface area (Å²) in [5, 5.41) is 0. The van der Waals surface area contributed by atoms with E-state index in [0.29, 0.717) is 157 Å². The van der Waals surface area contributed by atoms with Crippen LogP contribution in [0.4, 0.5) is 0 Å². The van der Waals surface area contributed by atoms with Crippen molar-refractivity contribution in [2.75, 3.05) is 106 Å². The Labute approximate surface area is 771 Å². The predicted molar refractivity (Wildman–Crippen MR) is 479 cm³/mol. The van der Waals surface area contributed by atoms with E-state index in [2.05, 4.69) is 5.92 Å². The van der Waals surface area contributed by atoms with E-state index < -0.39 is 102 Å². The molecule has 0 spiro atoms. The maximum atomic E-state index is 12.7. The molecule has 12 fully saturated rings. The van der Waals surface area contributed by atoms with Gasteiger partial charge in [-0.15, -0.1) is 18.2 Å². The van der Waals surface area contributed by atoms with Crippen molar-refractivity contribution in [3.05, 3.63) is 189 Å². The summed E-state index contributed by atoms with van der Waals surface area (Å²) < 4.78 is 91.3. The van der Waals surface area contributed by atoms with Gasteiger partial charge in [0.05, 0.1) is 204 Å². The Morgan fingerprint density at radius 1 is 0.267 bits per heavy atom. The number of methoxy groups -OCH3 is 1. The molecule has 0 radical (unpaired) electrons. The summed E-state index contributed by atoms with van der Waals surface area (Å²) in [4.78, 5) is 223. The maximum Gasteiger partial charge on any atom is 0.338 e. The number of thioether (sulfide) groups is 1. The minimum Gasteiger partial charge on any atom is -0.382 e. The molecule has 6 aromatic heterocycles. The molecule has 0 amide bonds. The van der Waals surface area contributed by atoms with Crippen molar-refractivity contribution in [2.24, 2.45) is 0 Å². The van der Waals surface area contributed by atoms with E-state index >= 15 is 0 Å². The van der Waals surface area contributed by atoms with Gasteiger partial charge in [-0.3, -0.25) is 0 Å². The Morgan fingerprint density at radius 3 is 0.726 bits per heavy atom. The summed E-state index contributed by atoms with van der Waals surface area (Å²) in [6, 6.07) is 0. The van der Waals surface area contributed by atoms with Crippen LogP contribution in [0.3, 0.4) is 0 Å². The van der Waals surface area contributed by atoms with E-state index in [1.807, 2.05) is 20.1 Å². The quantitative estimate of drug-likeness (QED) is 0.0195. The first-order chi connectivity index (χ1) is 65.2. The van der Waals surface area contributed by atoms with Gasteiger partial charge < -0.3 is 66.3 Å². The normalized spacial score (nSPS) is 22.5. The van der Waals surface area contributed by atoms with Gasteiger partial charge in [-0.25, -0.2) is 169 Å². The highest BCUT2D eigenvalue weighted by Gasteiger charge is 2.35. The number of hydrogen-bond donors (Lipinski definition) is 0. The standard InChI is InChI=1S/C17H27N3O5.C15H23N3O7.C15H23N3O5S.C14H21N3O5.C12H13N3O5.C11H15N3O5/c1-2-3-8-18-15(21)19(9-4-6-13-11-24-13)17(23)20(16(18)22)10-5-7-14-12-25-14;1-22-6-7-23-10-18-14(20)16(4-2-11-8-24-11)13(19)17(15(18)21)5-3-12-9-25-12;1-24-10-18-14(20)16(6-2-4-11-8-22-11)13(19)17(15(18)21)7-3-5-12-9-23-12;1-2-5-15-12(18)16(6-3-10-8-21-10)14(20)17(13(15)19)7-4-11-9-22-11;1-2-3-13-10(16)14(4-8-6-19-8)12(18)15(11(13)17)5-9-7-20-9;1-2-12-9(15)13(3-7-5-18-7)11(17)14(10(12)16)4-8-6-19-8/h13-14H,2-12H2,1H3;11-12H,2-10H2,1H3;11-12H,2-10H2,1H3;10-11H,2-9H2,1H3;1,8-9H,3-7H2;7-8H,2-6H2,1H3. The number of aromatic nitrogens is 18. The molecule has 0 aliphatic carbocycles. The van der Waals surface area contributed by atoms with Crippen LogP contribution in [0.5, 0.6) is 0 Å². The SMILES string of the molecule is C#CCn1c(=O)n(CC2CO2)c(=O)n(CC2CO2)c1=O.CCCCn1c(=O)n(CCCC2CO2)c(=O)n(CCCC2CO2)c1=O.CCCn1c(=O)n(CCC2CO2)c(=O)n(CCC2CO2)c1=O.CCn1c(=O)n(CC2CO2)c(=O)n(CC2CO2)c1=O.COCCOCn1c(=O)n(CCC2CO2)c(=O)n(CCC2CO2)c1=O.CSCn1c(=O)n(CCCC2CO2)c(=O)n(CCCC2CO2)c1=O. The molecule has 18 heterocycles. The Kier molecular flexibility index (Phi) is 36.5. The van der Waals surface area contributed by atoms with E-state index in [9.17, 15) is 86.3 Å². The highest BCUT2D eigenvalue weighted by Crippen LogP contribution is 2.21. The van der Waals surface area contributed by atoms with Crippen LogP contribution in [0.1, 0.15) is 117 Å². The number of hydrogen-bond acceptors (Lipinski definition) is 33. The Morgan fingerprint density at radius 2 is 0.489 bits per heavy atom. The molecule has 746 valence electrons. The van der Waals surface area contributed by atoms with Crippen molar-refractivity contribution in [1.29, 1.82) is 0 Å². The third-order valence-electron chi connectivity index (χ3n) is 23.7. The van der Waals surface area contributed by atoms with Gasteiger partial charge in [-0.1, -0.05) is 26.2 Å². The first-order valence-corrected chi connectivity index (χ1v) is 47.6. The minimum absolute atomic E-state index is 0.0814. The topological polar surface area (TPSA) is 565 Å². The molecule has 18 rings (SSSR count). The van der Waals surface area contributed by atoms with Gasteiger partial charge in [0.25, 0.3) is 0 Å². The van der Waals surface area contributed by atoms with Crippen LogP contribution in [0.15, 0.2) is 86.3 Å². The molecule has 50 nitrogen and oxygen atoms in total. The van der Waals surface area contributed by atoms with E-state index in [-0.39, 0.29) is 158 Å². The highest BCUT2D eigenvalue weighted by atomic mass is 32.2. The number of unbranched alkanes of at least 4 members (excludes halogenated alkanes) is 1. The second kappa shape index (κ2) is 48.2. The van der Waals surface area contributed by atoms with Crippen molar-refractivity contribution in [3.63, 3.8) is 0 Å². The number of rotatable bonds is 50. The van der Waals surface area contributed by atoms with E-state index in [4.69, 9.17) is 72.7 Å². The van der Waals surface area contributed by atoms with Gasteiger partial charge in [-0.05, 0) is 103 Å². The second-order valence-electron chi connectivity index (χ2n) is 34.4. The fraction of sp³-hybridized carbons (Fsp3) is 0.762. The molecule has 12 aliphatic rings. The first kappa shape index (κ1) is 102. The van der Waals surface area contributed by atoms with Crippen molar-refractivity contribution < 1.29 is 66.3 Å². The van der Waals surface area contributed by atoms with Crippen LogP contribution < -0.4 is 102 Å². The van der Waals surface area contributed by atoms with Gasteiger partial charge in [0.15, 0.2) is 0 Å². The van der Waals surface area contributed by atoms with Crippen LogP contribution in [0.2, 0.25) is 0 Å². The Bertz CT molecular complexity index is 6000. The van der Waals surface area contributed by atoms with Crippen LogP contribution in [0.25, 0.3) is 0 Å². The molecular weight excluding hydrogens is 1810 g/mol. The molecule has 51 heteroatoms. The fourth-order valence-corrected chi connectivity index (χ4v) is 15.2. The summed E-state index contributed by atoms with van der Waals surface area (Å²) in [5.74, 6) is 2.49. The highest BCUT2D eigenvalue weighted by molar-refractivity contribution is 7.97. The average molecular weight is 1930 g/mol. The largest absolute Gasteiger partial charge is 0.382 e. The third-order valence-corrected chi connectivity index (χ3v) is 24.2. The van der Waals surface area contributed by atoms with Crippen LogP contribution in [-0.4, -0.2) is 261 Å². The van der Waals surface area contributed by atoms with Crippen molar-refractivity contribution in [3.8, 4) is 12.3 Å². The van der Waals surface area contributed by atoms with Crippen molar-refractivity contribution >= 4 is 11.8 Å². The lowest BCUT2D eigenvalue weighted by Crippen LogP contribution is -2.55. The van der Waals surface area contributed by atoms with E-state index in [0.717, 1.165) is 124 Å². The second-order valence-corrected chi connectivity index (χ2v) is 35.3. The van der Waals surface area contributed by atoms with Gasteiger partial charge in [0.2, 0.25) is 0 Å². The zero-order chi connectivity index (χ0) is 96.3. The monoisotopic (exact) mass is 1930 g/mol. The summed E-state index contributed by atoms with van der Waals surface area (Å²) in [6.07, 6.45) is 18.7. The number of epoxide rings is 12. The van der Waals surface area contributed by atoms with Gasteiger partial charge in [-0.2, -0.15) is 0 Å². The summed E-state index contributed by atoms with van der Waals surface area (Å²) in [6.45, 7) is 17.4. The fourth-order valence-electron chi connectivity index (χ4n) is 14.7. The lowest BCUT2D eigenvalue weighted by Gasteiger charge is -2.13. The minimum atomic E-state index is -0.693. The molecule has 12 unspecified atom stereocenters. The van der Waals surface area contributed by atoms with Gasteiger partial charge in [0, 0.05) is 79.1 Å². The van der Waals surface area contributed by atoms with Gasteiger partial charge >= 0.3 is 102 Å². The summed E-state index contributed by atoms with van der Waals surface area (Å²) in [5.41, 5.74) is -10.2. The van der Waals surface area contributed by atoms with Crippen molar-refractivity contribution in [2.45, 2.75) is 308 Å². The zero-order valence-corrected chi connectivity index (χ0v) is 77.6. The molecule has 0 bridgehead atoms. The molecule has 0 aromatic carbocycles. The molecule has 12 saturated heterocycles. The summed E-state index contributed by atoms with van der Waals surface area (Å²) in [7, 11) is 1.53. The first-order valence-electron chi connectivity index (χ1n) is 46.2. The molecule has 12 aliphatic heterocycles. The summed E-state index contributed by atoms with van der Waals surface area (Å²) >= 11 is 1.38. The lowest BCUT2D eigenvalue weighted by molar-refractivity contribution is 0.0282. The number of nitrogens with zero attached hydrogens (tertiary/aromatic N) is 18. The number of ether oxygens (including phenoxy) is 14. The lowest BCUT2D eigenvalue weighted by atomic mass is 10.2. The maximum absolute atomic E-state index is 12.7. The number of terminal acetylenes is 1. The zero-order valence-electron chi connectivity index (χ0n) is 76.8. The third kappa shape index (κ3) is 29.2. The molecule has 0 N–H and O–H groups in total. The van der Waals surface area contributed by atoms with E-state index in [1.54, 1.807) is 6.92 Å². The Balaban J connectivity index is 0.000000138. The molecule has 135 heavy (non-hydrogen) atoms. The average Bonchev–Trinajstić information content (AvgIpc) is 1.70. The van der Waals surface area contributed by atoms with Gasteiger partial charge in [0.1, 0.15) is 6.73 Å². The molecule has 6 aromatic rings. The molecular formula is C84H122N18O32S. The van der Waals surface area contributed by atoms with Crippen LogP contribution in [-0.2, 0) is 184 Å². The molecule has 0 saturated carbocycles. The van der Waals surface area contributed by atoms with Crippen LogP contribution in [0, 0.1) is 12.3 Å². The van der Waals surface area contributed by atoms with E-state index in [1.165, 1.54) is 41.7 Å². The smallest absolute Gasteiger partial charge is 0.338 e. The van der Waals surface area contributed by atoms with Crippen molar-refractivity contribution in [1.82, 2.24) is 82.2 Å². The predicted octanol–water partition coefficient (Wildman–Crippen LogP) is -6.70.